The van der Waals surface area contributed by atoms with Crippen LogP contribution in [0.15, 0.2) is 52.2 Å². The molecule has 1 fully saturated rings. The summed E-state index contributed by atoms with van der Waals surface area (Å²) in [6, 6.07) is 7.26. The fourth-order valence-corrected chi connectivity index (χ4v) is 6.58. The summed E-state index contributed by atoms with van der Waals surface area (Å²) in [5.41, 5.74) is 5.46. The van der Waals surface area contributed by atoms with Gasteiger partial charge in [0.25, 0.3) is 21.2 Å². The number of carbonyl (C=O) groups is 1. The van der Waals surface area contributed by atoms with E-state index in [1.54, 1.807) is 18.2 Å². The van der Waals surface area contributed by atoms with Gasteiger partial charge in [-0.1, -0.05) is 36.4 Å². The van der Waals surface area contributed by atoms with Gasteiger partial charge in [0.05, 0.1) is 26.1 Å². The fraction of sp³-hybridized carbons (Fsp3) is 0.318. The molecule has 1 aliphatic heterocycles. The maximum Gasteiger partial charge on any atom is 1.00 e. The third-order valence-corrected chi connectivity index (χ3v) is 9.28. The Labute approximate surface area is 361 Å². The van der Waals surface area contributed by atoms with Crippen LogP contribution in [0.5, 0.6) is 0 Å². The van der Waals surface area contributed by atoms with E-state index in [2.05, 4.69) is 18.5 Å². The molecule has 48 heavy (non-hydrogen) atoms. The number of amides is 1. The number of nitrogens with one attached hydrogen (secondary N) is 2. The van der Waals surface area contributed by atoms with Gasteiger partial charge < -0.3 is 49.6 Å². The van der Waals surface area contributed by atoms with Crippen LogP contribution in [0.25, 0.3) is 12.2 Å². The number of nitrogens with zero attached hydrogens (tertiary/aromatic N) is 1. The summed E-state index contributed by atoms with van der Waals surface area (Å²) < 4.78 is 50.5. The first kappa shape index (κ1) is 51.2. The Balaban J connectivity index is 0. The summed E-state index contributed by atoms with van der Waals surface area (Å²) in [6.45, 7) is -0.717. The van der Waals surface area contributed by atoms with Crippen LogP contribution in [0.4, 0.5) is 0 Å². The van der Waals surface area contributed by atoms with Crippen LogP contribution in [0.3, 0.4) is 0 Å². The largest absolute Gasteiger partial charge is 1.00 e. The number of aromatic nitrogens is 2. The summed E-state index contributed by atoms with van der Waals surface area (Å²) >= 11 is 0. The zero-order valence-corrected chi connectivity index (χ0v) is 37.0. The van der Waals surface area contributed by atoms with Crippen molar-refractivity contribution < 1.29 is 179 Å². The molecule has 1 aromatic heterocycles. The minimum absolute atomic E-state index is 0. The Hall–Kier alpha value is 1.14. The average Bonchev–Trinajstić information content (AvgIpc) is 3.27. The minimum atomic E-state index is -6.18. The molecule has 2 aromatic rings. The predicted molar refractivity (Wildman–Crippen MR) is 142 cm³/mol. The number of ether oxygens (including phenoxy) is 1. The van der Waals surface area contributed by atoms with Crippen molar-refractivity contribution in [1.82, 2.24) is 14.9 Å². The van der Waals surface area contributed by atoms with Crippen molar-refractivity contribution in [3.05, 3.63) is 80.1 Å². The van der Waals surface area contributed by atoms with Gasteiger partial charge in [-0.15, -0.1) is 0 Å². The van der Waals surface area contributed by atoms with Gasteiger partial charge in [0, 0.05) is 31.8 Å². The molecule has 1 aromatic carbocycles. The van der Waals surface area contributed by atoms with Gasteiger partial charge in [-0.25, -0.2) is 9.11 Å². The fourth-order valence-electron chi connectivity index (χ4n) is 3.72. The SMILES string of the molecule is NCc1cccc(/C=C/C(=O)NC/C=C/c2cn([C@H]3C[C@H](O)[C@@H](COP(=O)([O-])OP(=O)([O-])OP(=O)([O-])[O-])O3)c(=O)[nH]c2=O)c1.[Na+].[Na+].[Na+].[Na+]. The van der Waals surface area contributed by atoms with Crippen molar-refractivity contribution in [1.29, 1.82) is 0 Å². The zero-order chi connectivity index (χ0) is 32.7. The van der Waals surface area contributed by atoms with Gasteiger partial charge in [0.1, 0.15) is 12.3 Å². The number of H-pyrrole nitrogens is 1. The van der Waals surface area contributed by atoms with E-state index in [0.717, 1.165) is 21.9 Å². The second-order valence-electron chi connectivity index (χ2n) is 8.91. The number of aliphatic hydroxyl groups is 1. The Bertz CT molecular complexity index is 1690. The van der Waals surface area contributed by atoms with Gasteiger partial charge in [-0.2, -0.15) is 0 Å². The van der Waals surface area contributed by atoms with E-state index in [-0.39, 0.29) is 137 Å². The van der Waals surface area contributed by atoms with Crippen LogP contribution in [0, 0.1) is 0 Å². The molecule has 19 nitrogen and oxygen atoms in total. The molecule has 2 heterocycles. The number of nitrogens with two attached hydrogens (primary N) is 1. The number of rotatable bonds is 14. The third kappa shape index (κ3) is 17.8. The molecule has 5 N–H and O–H groups in total. The van der Waals surface area contributed by atoms with Crippen LogP contribution in [0.1, 0.15) is 29.3 Å². The van der Waals surface area contributed by atoms with Crippen LogP contribution < -0.4 is 160 Å². The van der Waals surface area contributed by atoms with Crippen LogP contribution in [-0.4, -0.2) is 45.9 Å². The maximum absolute atomic E-state index is 12.4. The molecule has 242 valence electrons. The van der Waals surface area contributed by atoms with E-state index in [0.29, 0.717) is 6.54 Å². The van der Waals surface area contributed by atoms with Gasteiger partial charge >= 0.3 is 124 Å². The maximum atomic E-state index is 12.4. The van der Waals surface area contributed by atoms with Crippen LogP contribution in [-0.2, 0) is 42.9 Å². The van der Waals surface area contributed by atoms with Crippen molar-refractivity contribution in [2.45, 2.75) is 31.4 Å². The van der Waals surface area contributed by atoms with Gasteiger partial charge in [-0.05, 0) is 17.2 Å². The van der Waals surface area contributed by atoms with E-state index in [1.165, 1.54) is 18.2 Å². The number of aromatic amines is 1. The number of carbonyl (C=O) groups excluding carboxylic acids is 1. The molecule has 1 saturated heterocycles. The van der Waals surface area contributed by atoms with Gasteiger partial charge in [0.2, 0.25) is 5.91 Å². The first-order valence-electron chi connectivity index (χ1n) is 12.3. The molecule has 5 atom stereocenters. The van der Waals surface area contributed by atoms with Gasteiger partial charge in [-0.3, -0.25) is 32.6 Å². The predicted octanol–water partition coefficient (Wildman–Crippen LogP) is -14.7. The Morgan fingerprint density at radius 2 is 1.75 bits per heavy atom. The number of hydrogen-bond donors (Lipinski definition) is 4. The summed E-state index contributed by atoms with van der Waals surface area (Å²) in [6.07, 6.45) is 2.17. The van der Waals surface area contributed by atoms with Crippen molar-refractivity contribution in [3.63, 3.8) is 0 Å². The second-order valence-corrected chi connectivity index (χ2v) is 13.2. The molecule has 26 heteroatoms. The number of benzene rings is 1. The van der Waals surface area contributed by atoms with Crippen molar-refractivity contribution in [2.24, 2.45) is 5.73 Å². The van der Waals surface area contributed by atoms with Crippen molar-refractivity contribution >= 4 is 41.5 Å². The van der Waals surface area contributed by atoms with E-state index in [4.69, 9.17) is 10.5 Å². The molecule has 3 rings (SSSR count). The topological polar surface area (TPSA) is 311 Å². The van der Waals surface area contributed by atoms with Crippen molar-refractivity contribution in [2.75, 3.05) is 13.2 Å². The molecule has 0 radical (unpaired) electrons. The molecule has 1 amide bonds. The normalized spacial score (nSPS) is 20.0. The first-order chi connectivity index (χ1) is 20.5. The minimum Gasteiger partial charge on any atom is -0.790 e. The average molecular weight is 770 g/mol. The number of aliphatic hydroxyl groups excluding tert-OH is 1. The molecular weight excluding hydrogens is 745 g/mol. The molecule has 0 spiro atoms. The molecule has 0 aliphatic carbocycles. The Morgan fingerprint density at radius 3 is 2.38 bits per heavy atom. The third-order valence-electron chi connectivity index (χ3n) is 5.61. The molecule has 2 unspecified atom stereocenters. The summed E-state index contributed by atoms with van der Waals surface area (Å²) in [5, 5.41) is 12.8. The summed E-state index contributed by atoms with van der Waals surface area (Å²) in [7, 11) is -18.2. The smallest absolute Gasteiger partial charge is 0.790 e. The number of phosphoric ester groups is 1. The Morgan fingerprint density at radius 1 is 1.08 bits per heavy atom. The Kier molecular flexibility index (Phi) is 24.6. The summed E-state index contributed by atoms with van der Waals surface area (Å²) in [4.78, 5) is 82.6. The molecule has 0 saturated carbocycles. The second kappa shape index (κ2) is 23.0. The van der Waals surface area contributed by atoms with E-state index >= 15 is 0 Å². The molecule has 0 bridgehead atoms. The van der Waals surface area contributed by atoms with Gasteiger partial charge in [0.15, 0.2) is 0 Å². The standard InChI is InChI=1S/C22H29N4O15P3.4Na/c23-11-15-4-1-3-14(9-15)6-7-19(28)24-8-2-5-16-12-26(22(30)25-21(16)29)20-10-17(27)18(39-20)13-38-43(34,35)41-44(36,37)40-42(31,32)33;;;;/h1-7,9,12,17-18,20,27H,8,10-11,13,23H2,(H,24,28)(H,34,35)(H,36,37)(H,25,29,30)(H2,31,32,33);;;;/q;4*+1/p-4/b5-2+,7-6+;;;;/t17-,18+,20+;;;;/m0..../s1. The van der Waals surface area contributed by atoms with Crippen LogP contribution >= 0.6 is 23.5 Å². The number of hydrogen-bond acceptors (Lipinski definition) is 16. The summed E-state index contributed by atoms with van der Waals surface area (Å²) in [5.74, 6) is -0.428. The van der Waals surface area contributed by atoms with Crippen molar-refractivity contribution in [3.8, 4) is 0 Å². The molecular formula is C22H25N4Na4O15P3. The zero-order valence-electron chi connectivity index (χ0n) is 26.3. The van der Waals surface area contributed by atoms with E-state index < -0.39 is 65.7 Å². The number of phosphoric acid groups is 3. The van der Waals surface area contributed by atoms with Crippen LogP contribution in [0.2, 0.25) is 0 Å². The molecule has 1 aliphatic rings. The monoisotopic (exact) mass is 770 g/mol. The quantitative estimate of drug-likeness (QED) is 0.0787. The van der Waals surface area contributed by atoms with E-state index in [1.807, 2.05) is 17.1 Å². The van der Waals surface area contributed by atoms with E-state index in [9.17, 15) is 52.8 Å². The first-order valence-corrected chi connectivity index (χ1v) is 16.7.